The third-order valence-electron chi connectivity index (χ3n) is 4.61. The topological polar surface area (TPSA) is 58.2 Å². The van der Waals surface area contributed by atoms with Crippen LogP contribution in [0.1, 0.15) is 41.9 Å². The van der Waals surface area contributed by atoms with Gasteiger partial charge in [0.05, 0.1) is 12.1 Å². The number of amides is 2. The van der Waals surface area contributed by atoms with Gasteiger partial charge >= 0.3 is 0 Å². The van der Waals surface area contributed by atoms with E-state index in [1.807, 2.05) is 92.0 Å². The van der Waals surface area contributed by atoms with Gasteiger partial charge in [0.1, 0.15) is 5.57 Å². The van der Waals surface area contributed by atoms with Crippen molar-refractivity contribution in [3.63, 3.8) is 0 Å². The van der Waals surface area contributed by atoms with E-state index in [2.05, 4.69) is 10.6 Å². The molecule has 148 valence electrons. The van der Waals surface area contributed by atoms with E-state index in [1.165, 1.54) is 11.3 Å². The van der Waals surface area contributed by atoms with Crippen molar-refractivity contribution < 1.29 is 9.59 Å². The van der Waals surface area contributed by atoms with Crippen LogP contribution in [-0.2, 0) is 9.59 Å². The van der Waals surface area contributed by atoms with Gasteiger partial charge in [-0.15, -0.1) is 11.3 Å². The highest BCUT2D eigenvalue weighted by Crippen LogP contribution is 2.18. The molecule has 1 heterocycles. The normalized spacial score (nSPS) is 12.5. The molecule has 0 spiro atoms. The molecule has 29 heavy (non-hydrogen) atoms. The van der Waals surface area contributed by atoms with E-state index in [0.717, 1.165) is 16.0 Å². The SMILES string of the molecule is C[C@H](NC(=O)C(=Cc1cccs1)C(=O)N[C@@H](C)c1ccccc1)c1ccccc1. The summed E-state index contributed by atoms with van der Waals surface area (Å²) in [5, 5.41) is 7.79. The van der Waals surface area contributed by atoms with Gasteiger partial charge < -0.3 is 10.6 Å². The molecule has 3 rings (SSSR count). The summed E-state index contributed by atoms with van der Waals surface area (Å²) >= 11 is 1.48. The lowest BCUT2D eigenvalue weighted by molar-refractivity contribution is -0.124. The third-order valence-corrected chi connectivity index (χ3v) is 5.43. The number of hydrogen-bond donors (Lipinski definition) is 2. The summed E-state index contributed by atoms with van der Waals surface area (Å²) in [4.78, 5) is 26.8. The van der Waals surface area contributed by atoms with Crippen molar-refractivity contribution >= 4 is 29.2 Å². The maximum atomic E-state index is 13.0. The first kappa shape index (κ1) is 20.6. The first-order valence-electron chi connectivity index (χ1n) is 9.51. The largest absolute Gasteiger partial charge is 0.345 e. The summed E-state index contributed by atoms with van der Waals surface area (Å²) in [6, 6.07) is 22.7. The number of thiophene rings is 1. The Balaban J connectivity index is 1.79. The van der Waals surface area contributed by atoms with E-state index < -0.39 is 11.8 Å². The van der Waals surface area contributed by atoms with Crippen molar-refractivity contribution in [1.82, 2.24) is 10.6 Å². The van der Waals surface area contributed by atoms with E-state index in [-0.39, 0.29) is 17.7 Å². The number of carbonyl (C=O) groups excluding carboxylic acids is 2. The molecular weight excluding hydrogens is 380 g/mol. The van der Waals surface area contributed by atoms with Crippen molar-refractivity contribution in [2.75, 3.05) is 0 Å². The van der Waals surface area contributed by atoms with Gasteiger partial charge in [0.25, 0.3) is 11.8 Å². The van der Waals surface area contributed by atoms with Crippen LogP contribution < -0.4 is 10.6 Å². The summed E-state index contributed by atoms with van der Waals surface area (Å²) in [6.45, 7) is 3.81. The number of rotatable bonds is 7. The zero-order valence-electron chi connectivity index (χ0n) is 16.5. The molecule has 0 bridgehead atoms. The van der Waals surface area contributed by atoms with E-state index in [0.29, 0.717) is 0 Å². The van der Waals surface area contributed by atoms with Crippen LogP contribution in [0.2, 0.25) is 0 Å². The first-order valence-corrected chi connectivity index (χ1v) is 10.4. The molecule has 0 unspecified atom stereocenters. The smallest absolute Gasteiger partial charge is 0.257 e. The minimum absolute atomic E-state index is 0.0954. The Morgan fingerprint density at radius 1 is 0.759 bits per heavy atom. The molecule has 2 aromatic carbocycles. The summed E-state index contributed by atoms with van der Waals surface area (Å²) in [7, 11) is 0. The van der Waals surface area contributed by atoms with Gasteiger partial charge in [0.15, 0.2) is 0 Å². The number of nitrogens with one attached hydrogen (secondary N) is 2. The highest BCUT2D eigenvalue weighted by molar-refractivity contribution is 7.10. The predicted octanol–water partition coefficient (Wildman–Crippen LogP) is 4.89. The van der Waals surface area contributed by atoms with Gasteiger partial charge in [0, 0.05) is 4.88 Å². The third kappa shape index (κ3) is 5.65. The lowest BCUT2D eigenvalue weighted by Gasteiger charge is -2.18. The molecule has 3 aromatic rings. The predicted molar refractivity (Wildman–Crippen MR) is 118 cm³/mol. The Labute approximate surface area is 175 Å². The molecule has 4 nitrogen and oxygen atoms in total. The molecule has 0 saturated carbocycles. The summed E-state index contributed by atoms with van der Waals surface area (Å²) in [5.74, 6) is -0.792. The van der Waals surface area contributed by atoms with Crippen LogP contribution in [0.15, 0.2) is 83.7 Å². The fourth-order valence-corrected chi connectivity index (χ4v) is 3.61. The monoisotopic (exact) mass is 404 g/mol. The molecular formula is C24H24N2O2S. The van der Waals surface area contributed by atoms with Gasteiger partial charge in [0.2, 0.25) is 0 Å². The Bertz CT molecular complexity index is 905. The van der Waals surface area contributed by atoms with Gasteiger partial charge in [-0.2, -0.15) is 0 Å². The second-order valence-corrected chi connectivity index (χ2v) is 7.76. The van der Waals surface area contributed by atoms with Crippen LogP contribution in [0.25, 0.3) is 6.08 Å². The van der Waals surface area contributed by atoms with Crippen LogP contribution in [-0.4, -0.2) is 11.8 Å². The van der Waals surface area contributed by atoms with Gasteiger partial charge in [-0.3, -0.25) is 9.59 Å². The Hall–Kier alpha value is -3.18. The molecule has 0 saturated heterocycles. The van der Waals surface area contributed by atoms with Crippen LogP contribution in [0, 0.1) is 0 Å². The van der Waals surface area contributed by atoms with E-state index in [1.54, 1.807) is 6.08 Å². The van der Waals surface area contributed by atoms with Gasteiger partial charge in [-0.05, 0) is 42.5 Å². The standard InChI is InChI=1S/C24H24N2O2S/c1-17(19-10-5-3-6-11-19)25-23(27)22(16-21-14-9-15-29-21)24(28)26-18(2)20-12-7-4-8-13-20/h3-18H,1-2H3,(H,25,27)(H,26,28)/t17-,18-/m0/s1. The molecule has 0 fully saturated rings. The maximum Gasteiger partial charge on any atom is 0.257 e. The summed E-state index contributed by atoms with van der Waals surface area (Å²) < 4.78 is 0. The summed E-state index contributed by atoms with van der Waals surface area (Å²) in [6.07, 6.45) is 1.64. The highest BCUT2D eigenvalue weighted by Gasteiger charge is 2.22. The molecule has 0 radical (unpaired) electrons. The highest BCUT2D eigenvalue weighted by atomic mass is 32.1. The van der Waals surface area contributed by atoms with Crippen molar-refractivity contribution in [2.45, 2.75) is 25.9 Å². The van der Waals surface area contributed by atoms with Gasteiger partial charge in [-0.25, -0.2) is 0 Å². The number of hydrogen-bond acceptors (Lipinski definition) is 3. The number of benzene rings is 2. The molecule has 0 aliphatic heterocycles. The lowest BCUT2D eigenvalue weighted by atomic mass is 10.1. The zero-order valence-corrected chi connectivity index (χ0v) is 17.3. The minimum atomic E-state index is -0.396. The van der Waals surface area contributed by atoms with Crippen molar-refractivity contribution in [3.8, 4) is 0 Å². The Kier molecular flexibility index (Phi) is 6.98. The van der Waals surface area contributed by atoms with Crippen molar-refractivity contribution in [2.24, 2.45) is 0 Å². The molecule has 2 N–H and O–H groups in total. The van der Waals surface area contributed by atoms with Crippen LogP contribution in [0.3, 0.4) is 0 Å². The Morgan fingerprint density at radius 2 is 1.24 bits per heavy atom. The van der Waals surface area contributed by atoms with Crippen LogP contribution >= 0.6 is 11.3 Å². The van der Waals surface area contributed by atoms with Crippen molar-refractivity contribution in [3.05, 3.63) is 99.8 Å². The zero-order chi connectivity index (χ0) is 20.6. The quantitative estimate of drug-likeness (QED) is 0.335. The van der Waals surface area contributed by atoms with Gasteiger partial charge in [-0.1, -0.05) is 66.7 Å². The Morgan fingerprint density at radius 3 is 1.66 bits per heavy atom. The van der Waals surface area contributed by atoms with E-state index in [4.69, 9.17) is 0 Å². The molecule has 0 aliphatic carbocycles. The molecule has 0 aliphatic rings. The molecule has 2 amide bonds. The minimum Gasteiger partial charge on any atom is -0.345 e. The average molecular weight is 405 g/mol. The van der Waals surface area contributed by atoms with Crippen LogP contribution in [0.4, 0.5) is 0 Å². The first-order chi connectivity index (χ1) is 14.0. The fourth-order valence-electron chi connectivity index (χ4n) is 2.95. The van der Waals surface area contributed by atoms with E-state index >= 15 is 0 Å². The average Bonchev–Trinajstić information content (AvgIpc) is 3.26. The lowest BCUT2D eigenvalue weighted by Crippen LogP contribution is -2.36. The van der Waals surface area contributed by atoms with Crippen LogP contribution in [0.5, 0.6) is 0 Å². The molecule has 2 atom stereocenters. The molecule has 1 aromatic heterocycles. The number of carbonyl (C=O) groups is 2. The van der Waals surface area contributed by atoms with E-state index in [9.17, 15) is 9.59 Å². The molecule has 5 heteroatoms. The second-order valence-electron chi connectivity index (χ2n) is 6.79. The fraction of sp³-hybridized carbons (Fsp3) is 0.167. The summed E-state index contributed by atoms with van der Waals surface area (Å²) in [5.41, 5.74) is 2.06. The van der Waals surface area contributed by atoms with Crippen molar-refractivity contribution in [1.29, 1.82) is 0 Å². The maximum absolute atomic E-state index is 13.0. The second kappa shape index (κ2) is 9.85.